The summed E-state index contributed by atoms with van der Waals surface area (Å²) >= 11 is 0. The second kappa shape index (κ2) is 6.62. The molecule has 0 spiro atoms. The summed E-state index contributed by atoms with van der Waals surface area (Å²) in [5, 5.41) is 8.91. The maximum absolute atomic E-state index is 8.91. The Labute approximate surface area is 102 Å². The zero-order valence-corrected chi connectivity index (χ0v) is 10.1. The van der Waals surface area contributed by atoms with Crippen molar-refractivity contribution in [1.82, 2.24) is 0 Å². The number of aliphatic hydroxyl groups is 1. The van der Waals surface area contributed by atoms with Crippen LogP contribution in [0.15, 0.2) is 24.3 Å². The molecule has 0 bridgehead atoms. The molecule has 1 atom stereocenters. The van der Waals surface area contributed by atoms with Gasteiger partial charge in [-0.3, -0.25) is 0 Å². The highest BCUT2D eigenvalue weighted by Crippen LogP contribution is 2.17. The Morgan fingerprint density at radius 1 is 1.29 bits per heavy atom. The second-order valence-corrected chi connectivity index (χ2v) is 4.43. The van der Waals surface area contributed by atoms with Gasteiger partial charge in [0.05, 0.1) is 19.3 Å². The number of aliphatic hydroxyl groups excluding tert-OH is 1. The van der Waals surface area contributed by atoms with E-state index in [1.165, 1.54) is 12.8 Å². The molecule has 0 saturated carbocycles. The summed E-state index contributed by atoms with van der Waals surface area (Å²) < 4.78 is 11.2. The zero-order chi connectivity index (χ0) is 11.9. The van der Waals surface area contributed by atoms with Crippen LogP contribution in [0, 0.1) is 0 Å². The molecule has 1 aromatic rings. The lowest BCUT2D eigenvalue weighted by atomic mass is 10.1. The summed E-state index contributed by atoms with van der Waals surface area (Å²) in [4.78, 5) is 0. The SMILES string of the molecule is OCc1ccc(OCCCC2CCCO2)cc1. The van der Waals surface area contributed by atoms with Crippen LogP contribution in [-0.4, -0.2) is 24.4 Å². The van der Waals surface area contributed by atoms with Crippen molar-refractivity contribution in [2.45, 2.75) is 38.4 Å². The van der Waals surface area contributed by atoms with E-state index in [0.717, 1.165) is 37.4 Å². The monoisotopic (exact) mass is 236 g/mol. The highest BCUT2D eigenvalue weighted by molar-refractivity contribution is 5.26. The van der Waals surface area contributed by atoms with Crippen LogP contribution in [0.1, 0.15) is 31.2 Å². The number of benzene rings is 1. The van der Waals surface area contributed by atoms with Gasteiger partial charge in [0, 0.05) is 6.61 Å². The summed E-state index contributed by atoms with van der Waals surface area (Å²) in [6, 6.07) is 7.57. The van der Waals surface area contributed by atoms with Crippen molar-refractivity contribution < 1.29 is 14.6 Å². The van der Waals surface area contributed by atoms with E-state index in [4.69, 9.17) is 14.6 Å². The Bertz CT molecular complexity index is 315. The summed E-state index contributed by atoms with van der Waals surface area (Å²) in [6.45, 7) is 1.74. The van der Waals surface area contributed by atoms with Gasteiger partial charge in [0.1, 0.15) is 5.75 Å². The first kappa shape index (κ1) is 12.4. The van der Waals surface area contributed by atoms with Gasteiger partial charge >= 0.3 is 0 Å². The lowest BCUT2D eigenvalue weighted by Crippen LogP contribution is -2.07. The third-order valence-electron chi connectivity index (χ3n) is 3.07. The van der Waals surface area contributed by atoms with Gasteiger partial charge in [-0.2, -0.15) is 0 Å². The molecule has 94 valence electrons. The van der Waals surface area contributed by atoms with Crippen LogP contribution in [0.2, 0.25) is 0 Å². The molecule has 1 aliphatic rings. The molecule has 1 unspecified atom stereocenters. The van der Waals surface area contributed by atoms with Crippen molar-refractivity contribution in [3.63, 3.8) is 0 Å². The van der Waals surface area contributed by atoms with Gasteiger partial charge < -0.3 is 14.6 Å². The molecule has 0 aromatic heterocycles. The van der Waals surface area contributed by atoms with Crippen molar-refractivity contribution in [3.05, 3.63) is 29.8 Å². The number of hydrogen-bond acceptors (Lipinski definition) is 3. The van der Waals surface area contributed by atoms with Crippen LogP contribution in [0.5, 0.6) is 5.75 Å². The van der Waals surface area contributed by atoms with E-state index < -0.39 is 0 Å². The van der Waals surface area contributed by atoms with Gasteiger partial charge in [-0.25, -0.2) is 0 Å². The highest BCUT2D eigenvalue weighted by Gasteiger charge is 2.14. The fraction of sp³-hybridized carbons (Fsp3) is 0.571. The van der Waals surface area contributed by atoms with Gasteiger partial charge in [-0.1, -0.05) is 12.1 Å². The fourth-order valence-electron chi connectivity index (χ4n) is 2.06. The third-order valence-corrected chi connectivity index (χ3v) is 3.07. The average Bonchev–Trinajstić information content (AvgIpc) is 2.88. The Morgan fingerprint density at radius 2 is 2.12 bits per heavy atom. The number of hydrogen-bond donors (Lipinski definition) is 1. The quantitative estimate of drug-likeness (QED) is 0.771. The fourth-order valence-corrected chi connectivity index (χ4v) is 2.06. The van der Waals surface area contributed by atoms with Crippen LogP contribution in [-0.2, 0) is 11.3 Å². The molecule has 0 amide bonds. The summed E-state index contributed by atoms with van der Waals surface area (Å²) in [7, 11) is 0. The molecule has 1 saturated heterocycles. The van der Waals surface area contributed by atoms with E-state index in [9.17, 15) is 0 Å². The Morgan fingerprint density at radius 3 is 2.76 bits per heavy atom. The summed E-state index contributed by atoms with van der Waals surface area (Å²) in [5.41, 5.74) is 0.914. The van der Waals surface area contributed by atoms with E-state index >= 15 is 0 Å². The molecule has 1 aliphatic heterocycles. The maximum Gasteiger partial charge on any atom is 0.119 e. The van der Waals surface area contributed by atoms with Crippen LogP contribution in [0.3, 0.4) is 0 Å². The largest absolute Gasteiger partial charge is 0.494 e. The molecule has 0 aliphatic carbocycles. The van der Waals surface area contributed by atoms with E-state index in [1.807, 2.05) is 24.3 Å². The second-order valence-electron chi connectivity index (χ2n) is 4.43. The van der Waals surface area contributed by atoms with E-state index in [-0.39, 0.29) is 6.61 Å². The Hall–Kier alpha value is -1.06. The highest BCUT2D eigenvalue weighted by atomic mass is 16.5. The molecule has 3 heteroatoms. The van der Waals surface area contributed by atoms with E-state index in [0.29, 0.717) is 6.10 Å². The Balaban J connectivity index is 1.63. The topological polar surface area (TPSA) is 38.7 Å². The standard InChI is InChI=1S/C14H20O3/c15-11-12-5-7-14(8-6-12)17-10-2-4-13-3-1-9-16-13/h5-8,13,15H,1-4,9-11H2. The maximum atomic E-state index is 8.91. The van der Waals surface area contributed by atoms with Crippen molar-refractivity contribution >= 4 is 0 Å². The molecule has 1 heterocycles. The molecular formula is C14H20O3. The molecule has 3 nitrogen and oxygen atoms in total. The zero-order valence-electron chi connectivity index (χ0n) is 10.1. The lowest BCUT2D eigenvalue weighted by Gasteiger charge is -2.10. The molecule has 1 N–H and O–H groups in total. The first-order chi connectivity index (χ1) is 8.38. The summed E-state index contributed by atoms with van der Waals surface area (Å²) in [6.07, 6.45) is 4.98. The van der Waals surface area contributed by atoms with Crippen LogP contribution in [0.4, 0.5) is 0 Å². The predicted molar refractivity (Wildman–Crippen MR) is 66.1 cm³/mol. The smallest absolute Gasteiger partial charge is 0.119 e. The van der Waals surface area contributed by atoms with Crippen molar-refractivity contribution in [1.29, 1.82) is 0 Å². The minimum atomic E-state index is 0.0826. The molecule has 17 heavy (non-hydrogen) atoms. The molecular weight excluding hydrogens is 216 g/mol. The number of rotatable bonds is 6. The predicted octanol–water partition coefficient (Wildman–Crippen LogP) is 2.52. The van der Waals surface area contributed by atoms with Crippen LogP contribution >= 0.6 is 0 Å². The van der Waals surface area contributed by atoms with Gasteiger partial charge in [-0.05, 0) is 43.4 Å². The van der Waals surface area contributed by atoms with Gasteiger partial charge in [0.15, 0.2) is 0 Å². The molecule has 1 aromatic carbocycles. The number of ether oxygens (including phenoxy) is 2. The minimum Gasteiger partial charge on any atom is -0.494 e. The van der Waals surface area contributed by atoms with Crippen molar-refractivity contribution in [2.24, 2.45) is 0 Å². The average molecular weight is 236 g/mol. The first-order valence-electron chi connectivity index (χ1n) is 6.32. The van der Waals surface area contributed by atoms with Crippen LogP contribution < -0.4 is 4.74 Å². The van der Waals surface area contributed by atoms with Crippen LogP contribution in [0.25, 0.3) is 0 Å². The van der Waals surface area contributed by atoms with E-state index in [2.05, 4.69) is 0 Å². The first-order valence-corrected chi connectivity index (χ1v) is 6.32. The van der Waals surface area contributed by atoms with Gasteiger partial charge in [0.2, 0.25) is 0 Å². The lowest BCUT2D eigenvalue weighted by molar-refractivity contribution is 0.0981. The molecule has 2 rings (SSSR count). The van der Waals surface area contributed by atoms with E-state index in [1.54, 1.807) is 0 Å². The summed E-state index contributed by atoms with van der Waals surface area (Å²) in [5.74, 6) is 0.870. The molecule has 0 radical (unpaired) electrons. The third kappa shape index (κ3) is 4.02. The van der Waals surface area contributed by atoms with Gasteiger partial charge in [-0.15, -0.1) is 0 Å². The van der Waals surface area contributed by atoms with Gasteiger partial charge in [0.25, 0.3) is 0 Å². The van der Waals surface area contributed by atoms with Crippen molar-refractivity contribution in [2.75, 3.05) is 13.2 Å². The minimum absolute atomic E-state index is 0.0826. The Kier molecular flexibility index (Phi) is 4.83. The molecule has 1 fully saturated rings. The van der Waals surface area contributed by atoms with Crippen molar-refractivity contribution in [3.8, 4) is 5.75 Å². The normalized spacial score (nSPS) is 19.5.